The summed E-state index contributed by atoms with van der Waals surface area (Å²) in [5.74, 6) is 0.183. The highest BCUT2D eigenvalue weighted by Crippen LogP contribution is 2.32. The van der Waals surface area contributed by atoms with E-state index in [1.165, 1.54) is 12.1 Å². The lowest BCUT2D eigenvalue weighted by molar-refractivity contribution is -0.110. The van der Waals surface area contributed by atoms with Crippen LogP contribution in [0.4, 0.5) is 16.0 Å². The largest absolute Gasteiger partial charge is 0.373 e. The molecule has 0 aliphatic carbocycles. The highest BCUT2D eigenvalue weighted by Gasteiger charge is 2.26. The fraction of sp³-hybridized carbons (Fsp3) is 0.235. The van der Waals surface area contributed by atoms with Crippen LogP contribution in [-0.4, -0.2) is 47.0 Å². The third kappa shape index (κ3) is 2.68. The summed E-state index contributed by atoms with van der Waals surface area (Å²) < 4.78 is 13.5. The minimum Gasteiger partial charge on any atom is -0.373 e. The molecule has 0 spiro atoms. The molecule has 1 saturated heterocycles. The van der Waals surface area contributed by atoms with E-state index < -0.39 is 0 Å². The fourth-order valence-electron chi connectivity index (χ4n) is 2.98. The highest BCUT2D eigenvalue weighted by molar-refractivity contribution is 6.31. The van der Waals surface area contributed by atoms with E-state index in [4.69, 9.17) is 0 Å². The van der Waals surface area contributed by atoms with E-state index in [9.17, 15) is 9.18 Å². The predicted molar refractivity (Wildman–Crippen MR) is 88.8 cm³/mol. The van der Waals surface area contributed by atoms with Crippen LogP contribution in [0, 0.1) is 5.82 Å². The molecule has 1 aromatic heterocycles. The summed E-state index contributed by atoms with van der Waals surface area (Å²) in [6, 6.07) is 6.13. The molecule has 0 bridgehead atoms. The van der Waals surface area contributed by atoms with Gasteiger partial charge in [0.25, 0.3) is 5.91 Å². The second kappa shape index (κ2) is 5.92. The zero-order valence-corrected chi connectivity index (χ0v) is 12.9. The average molecular weight is 325 g/mol. The van der Waals surface area contributed by atoms with Crippen molar-refractivity contribution in [3.05, 3.63) is 54.2 Å². The number of carbonyl (C=O) groups excluding carboxylic acids is 1. The summed E-state index contributed by atoms with van der Waals surface area (Å²) >= 11 is 0. The van der Waals surface area contributed by atoms with Gasteiger partial charge in [0.1, 0.15) is 5.82 Å². The number of nitrogens with one attached hydrogen (secondary N) is 1. The van der Waals surface area contributed by atoms with Gasteiger partial charge in [-0.1, -0.05) is 0 Å². The molecule has 2 aromatic rings. The van der Waals surface area contributed by atoms with E-state index in [-0.39, 0.29) is 11.7 Å². The van der Waals surface area contributed by atoms with Gasteiger partial charge in [-0.05, 0) is 24.3 Å². The molecule has 7 heteroatoms. The lowest BCUT2D eigenvalue weighted by Crippen LogP contribution is -2.45. The van der Waals surface area contributed by atoms with E-state index in [0.29, 0.717) is 16.8 Å². The normalized spacial score (nSPS) is 18.7. The topological polar surface area (TPSA) is 61.4 Å². The summed E-state index contributed by atoms with van der Waals surface area (Å²) in [6.45, 7) is 3.04. The second-order valence-electron chi connectivity index (χ2n) is 5.76. The Kier molecular flexibility index (Phi) is 3.60. The van der Waals surface area contributed by atoms with Crippen molar-refractivity contribution in [2.45, 2.75) is 0 Å². The predicted octanol–water partition coefficient (Wildman–Crippen LogP) is 1.73. The zero-order valence-electron chi connectivity index (χ0n) is 12.9. The van der Waals surface area contributed by atoms with Crippen LogP contribution >= 0.6 is 0 Å². The molecular weight excluding hydrogens is 309 g/mol. The van der Waals surface area contributed by atoms with Gasteiger partial charge in [0.15, 0.2) is 0 Å². The van der Waals surface area contributed by atoms with Gasteiger partial charge in [-0.3, -0.25) is 4.79 Å². The first-order chi connectivity index (χ1) is 11.7. The number of fused-ring (bicyclic) bond motifs is 1. The number of hydrogen-bond donors (Lipinski definition) is 1. The third-order valence-electron chi connectivity index (χ3n) is 4.23. The Morgan fingerprint density at radius 2 is 1.88 bits per heavy atom. The maximum absolute atomic E-state index is 13.5. The maximum Gasteiger partial charge on any atom is 0.257 e. The minimum absolute atomic E-state index is 0.190. The Labute approximate surface area is 138 Å². The standard InChI is InChI=1S/C17H16FN5O/c18-12-2-3-15-13(10-12)14(16(24)21-15)11-22-6-8-23(9-7-22)17-19-4-1-5-20-17/h1-5,10-11H,6-9H2,(H,21,24)/b14-11+. The van der Waals surface area contributed by atoms with Gasteiger partial charge < -0.3 is 15.1 Å². The van der Waals surface area contributed by atoms with Gasteiger partial charge in [0.2, 0.25) is 5.95 Å². The minimum atomic E-state index is -0.345. The third-order valence-corrected chi connectivity index (χ3v) is 4.23. The first-order valence-corrected chi connectivity index (χ1v) is 7.80. The molecular formula is C17H16FN5O. The van der Waals surface area contributed by atoms with Gasteiger partial charge in [0, 0.05) is 56.0 Å². The Hall–Kier alpha value is -2.96. The van der Waals surface area contributed by atoms with E-state index in [1.54, 1.807) is 24.5 Å². The number of amides is 1. The summed E-state index contributed by atoms with van der Waals surface area (Å²) in [7, 11) is 0. The lowest BCUT2D eigenvalue weighted by Gasteiger charge is -2.34. The van der Waals surface area contributed by atoms with E-state index >= 15 is 0 Å². The van der Waals surface area contributed by atoms with Gasteiger partial charge in [-0.2, -0.15) is 0 Å². The SMILES string of the molecule is O=C1Nc2ccc(F)cc2/C1=C\N1CCN(c2ncccn2)CC1. The van der Waals surface area contributed by atoms with Gasteiger partial charge in [-0.25, -0.2) is 14.4 Å². The molecule has 1 aromatic carbocycles. The van der Waals surface area contributed by atoms with Crippen molar-refractivity contribution in [1.82, 2.24) is 14.9 Å². The number of benzene rings is 1. The average Bonchev–Trinajstić information content (AvgIpc) is 2.92. The lowest BCUT2D eigenvalue weighted by atomic mass is 10.1. The molecule has 0 saturated carbocycles. The van der Waals surface area contributed by atoms with Crippen LogP contribution in [0.25, 0.3) is 5.57 Å². The quantitative estimate of drug-likeness (QED) is 0.852. The molecule has 24 heavy (non-hydrogen) atoms. The van der Waals surface area contributed by atoms with Crippen molar-refractivity contribution in [2.75, 3.05) is 36.4 Å². The number of carbonyl (C=O) groups is 1. The Balaban J connectivity index is 1.50. The van der Waals surface area contributed by atoms with Crippen molar-refractivity contribution < 1.29 is 9.18 Å². The first-order valence-electron chi connectivity index (χ1n) is 7.80. The molecule has 2 aliphatic heterocycles. The number of anilines is 2. The van der Waals surface area contributed by atoms with E-state index in [0.717, 1.165) is 32.1 Å². The van der Waals surface area contributed by atoms with Crippen LogP contribution in [0.3, 0.4) is 0 Å². The summed E-state index contributed by atoms with van der Waals surface area (Å²) in [6.07, 6.45) is 5.28. The molecule has 0 atom stereocenters. The Bertz CT molecular complexity index is 800. The van der Waals surface area contributed by atoms with Crippen molar-refractivity contribution >= 4 is 23.1 Å². The number of hydrogen-bond acceptors (Lipinski definition) is 5. The number of rotatable bonds is 2. The van der Waals surface area contributed by atoms with Crippen molar-refractivity contribution in [1.29, 1.82) is 0 Å². The van der Waals surface area contributed by atoms with E-state index in [1.807, 2.05) is 6.20 Å². The monoisotopic (exact) mass is 325 g/mol. The zero-order chi connectivity index (χ0) is 16.5. The van der Waals surface area contributed by atoms with Crippen LogP contribution in [-0.2, 0) is 4.79 Å². The van der Waals surface area contributed by atoms with E-state index in [2.05, 4.69) is 25.1 Å². The molecule has 3 heterocycles. The van der Waals surface area contributed by atoms with Crippen LogP contribution in [0.2, 0.25) is 0 Å². The van der Waals surface area contributed by atoms with Gasteiger partial charge in [0.05, 0.1) is 5.57 Å². The fourth-order valence-corrected chi connectivity index (χ4v) is 2.98. The van der Waals surface area contributed by atoms with Crippen molar-refractivity contribution in [3.63, 3.8) is 0 Å². The molecule has 1 fully saturated rings. The first kappa shape index (κ1) is 14.6. The molecule has 1 N–H and O–H groups in total. The molecule has 6 nitrogen and oxygen atoms in total. The number of aromatic nitrogens is 2. The summed E-state index contributed by atoms with van der Waals surface area (Å²) in [5.41, 5.74) is 1.78. The smallest absolute Gasteiger partial charge is 0.257 e. The molecule has 122 valence electrons. The second-order valence-corrected chi connectivity index (χ2v) is 5.76. The van der Waals surface area contributed by atoms with Gasteiger partial charge >= 0.3 is 0 Å². The van der Waals surface area contributed by atoms with Crippen molar-refractivity contribution in [2.24, 2.45) is 0 Å². The Morgan fingerprint density at radius 3 is 2.62 bits per heavy atom. The van der Waals surface area contributed by atoms with Crippen LogP contribution in [0.15, 0.2) is 42.9 Å². The van der Waals surface area contributed by atoms with Crippen molar-refractivity contribution in [3.8, 4) is 0 Å². The number of piperazine rings is 1. The highest BCUT2D eigenvalue weighted by atomic mass is 19.1. The maximum atomic E-state index is 13.5. The number of halogens is 1. The van der Waals surface area contributed by atoms with Gasteiger partial charge in [-0.15, -0.1) is 0 Å². The molecule has 4 rings (SSSR count). The molecule has 1 amide bonds. The summed E-state index contributed by atoms with van der Waals surface area (Å²) in [5, 5.41) is 2.77. The molecule has 0 unspecified atom stereocenters. The summed E-state index contributed by atoms with van der Waals surface area (Å²) in [4.78, 5) is 24.8. The Morgan fingerprint density at radius 1 is 1.12 bits per heavy atom. The van der Waals surface area contributed by atoms with Crippen LogP contribution in [0.5, 0.6) is 0 Å². The molecule has 2 aliphatic rings. The number of nitrogens with zero attached hydrogens (tertiary/aromatic N) is 4. The molecule has 0 radical (unpaired) electrons. The van der Waals surface area contributed by atoms with Crippen LogP contribution in [0.1, 0.15) is 5.56 Å². The van der Waals surface area contributed by atoms with Crippen LogP contribution < -0.4 is 10.2 Å².